The molecule has 1 aromatic heterocycles. The minimum atomic E-state index is -0.115. The van der Waals surface area contributed by atoms with Crippen molar-refractivity contribution in [3.05, 3.63) is 17.7 Å². The van der Waals surface area contributed by atoms with E-state index in [-0.39, 0.29) is 6.10 Å². The van der Waals surface area contributed by atoms with Crippen molar-refractivity contribution >= 4 is 0 Å². The Labute approximate surface area is 84.8 Å². The average Bonchev–Trinajstić information content (AvgIpc) is 2.48. The lowest BCUT2D eigenvalue weighted by Gasteiger charge is -2.27. The first-order chi connectivity index (χ1) is 6.68. The van der Waals surface area contributed by atoms with Crippen molar-refractivity contribution in [3.8, 4) is 0 Å². The molecule has 1 saturated carbocycles. The number of imidazole rings is 1. The first-order valence-corrected chi connectivity index (χ1v) is 5.36. The topological polar surface area (TPSA) is 38.0 Å². The molecule has 0 amide bonds. The standard InChI is InChI=1S/C11H18N2O/c1-8-9(2)13(7-12-8)10-4-3-5-11(14)6-10/h7,10-11,14H,3-6H2,1-2H3. The van der Waals surface area contributed by atoms with Gasteiger partial charge in [-0.05, 0) is 39.5 Å². The molecule has 2 rings (SSSR count). The van der Waals surface area contributed by atoms with E-state index in [4.69, 9.17) is 0 Å². The normalized spacial score (nSPS) is 27.9. The fourth-order valence-electron chi connectivity index (χ4n) is 2.28. The molecule has 3 heteroatoms. The Hall–Kier alpha value is -0.830. The van der Waals surface area contributed by atoms with E-state index in [2.05, 4.69) is 16.5 Å². The van der Waals surface area contributed by atoms with Crippen LogP contribution >= 0.6 is 0 Å². The first-order valence-electron chi connectivity index (χ1n) is 5.36. The highest BCUT2D eigenvalue weighted by atomic mass is 16.3. The van der Waals surface area contributed by atoms with Gasteiger partial charge in [-0.3, -0.25) is 0 Å². The van der Waals surface area contributed by atoms with E-state index < -0.39 is 0 Å². The van der Waals surface area contributed by atoms with E-state index in [0.29, 0.717) is 6.04 Å². The van der Waals surface area contributed by atoms with Crippen molar-refractivity contribution in [2.24, 2.45) is 0 Å². The van der Waals surface area contributed by atoms with Gasteiger partial charge in [-0.15, -0.1) is 0 Å². The molecule has 14 heavy (non-hydrogen) atoms. The van der Waals surface area contributed by atoms with Crippen LogP contribution in [0.4, 0.5) is 0 Å². The van der Waals surface area contributed by atoms with Gasteiger partial charge in [0.25, 0.3) is 0 Å². The summed E-state index contributed by atoms with van der Waals surface area (Å²) in [7, 11) is 0. The molecule has 78 valence electrons. The van der Waals surface area contributed by atoms with Gasteiger partial charge >= 0.3 is 0 Å². The zero-order valence-electron chi connectivity index (χ0n) is 8.90. The maximum absolute atomic E-state index is 9.60. The monoisotopic (exact) mass is 194 g/mol. The summed E-state index contributed by atoms with van der Waals surface area (Å²) >= 11 is 0. The number of hydrogen-bond donors (Lipinski definition) is 1. The predicted octanol–water partition coefficient (Wildman–Crippen LogP) is 1.98. The van der Waals surface area contributed by atoms with E-state index in [1.165, 1.54) is 12.1 Å². The summed E-state index contributed by atoms with van der Waals surface area (Å²) < 4.78 is 2.22. The molecule has 0 radical (unpaired) electrons. The fourth-order valence-corrected chi connectivity index (χ4v) is 2.28. The van der Waals surface area contributed by atoms with Gasteiger partial charge in [0, 0.05) is 11.7 Å². The molecule has 0 bridgehead atoms. The van der Waals surface area contributed by atoms with Crippen LogP contribution in [0.3, 0.4) is 0 Å². The summed E-state index contributed by atoms with van der Waals surface area (Å²) in [5.74, 6) is 0. The van der Waals surface area contributed by atoms with Gasteiger partial charge in [0.05, 0.1) is 18.1 Å². The second-order valence-corrected chi connectivity index (χ2v) is 4.30. The number of rotatable bonds is 1. The average molecular weight is 194 g/mol. The van der Waals surface area contributed by atoms with E-state index in [1.54, 1.807) is 0 Å². The zero-order valence-corrected chi connectivity index (χ0v) is 8.90. The summed E-state index contributed by atoms with van der Waals surface area (Å²) in [4.78, 5) is 4.30. The van der Waals surface area contributed by atoms with Crippen LogP contribution in [-0.2, 0) is 0 Å². The second kappa shape index (κ2) is 3.73. The van der Waals surface area contributed by atoms with Gasteiger partial charge in [0.1, 0.15) is 0 Å². The van der Waals surface area contributed by atoms with Gasteiger partial charge < -0.3 is 9.67 Å². The van der Waals surface area contributed by atoms with Crippen molar-refractivity contribution in [3.63, 3.8) is 0 Å². The molecule has 0 aliphatic heterocycles. The van der Waals surface area contributed by atoms with Gasteiger partial charge in [-0.2, -0.15) is 0 Å². The third-order valence-corrected chi connectivity index (χ3v) is 3.30. The molecule has 0 aromatic carbocycles. The lowest BCUT2D eigenvalue weighted by molar-refractivity contribution is 0.103. The van der Waals surface area contributed by atoms with Crippen molar-refractivity contribution in [2.45, 2.75) is 51.7 Å². The molecule has 1 aromatic rings. The van der Waals surface area contributed by atoms with Crippen LogP contribution in [0.1, 0.15) is 43.1 Å². The number of nitrogens with zero attached hydrogens (tertiary/aromatic N) is 2. The molecule has 2 atom stereocenters. The Morgan fingerprint density at radius 3 is 2.79 bits per heavy atom. The highest BCUT2D eigenvalue weighted by Gasteiger charge is 2.22. The Balaban J connectivity index is 2.18. The molecule has 3 nitrogen and oxygen atoms in total. The van der Waals surface area contributed by atoms with E-state index in [1.807, 2.05) is 13.3 Å². The minimum Gasteiger partial charge on any atom is -0.393 e. The third kappa shape index (κ3) is 1.69. The summed E-state index contributed by atoms with van der Waals surface area (Å²) in [5.41, 5.74) is 2.34. The number of aromatic nitrogens is 2. The number of aliphatic hydroxyl groups excluding tert-OH is 1. The van der Waals surface area contributed by atoms with Crippen molar-refractivity contribution in [2.75, 3.05) is 0 Å². The molecular weight excluding hydrogens is 176 g/mol. The summed E-state index contributed by atoms with van der Waals surface area (Å²) in [6, 6.07) is 0.458. The summed E-state index contributed by atoms with van der Waals surface area (Å²) in [6.07, 6.45) is 5.94. The van der Waals surface area contributed by atoms with E-state index in [9.17, 15) is 5.11 Å². The highest BCUT2D eigenvalue weighted by Crippen LogP contribution is 2.29. The second-order valence-electron chi connectivity index (χ2n) is 4.30. The van der Waals surface area contributed by atoms with Crippen molar-refractivity contribution < 1.29 is 5.11 Å². The van der Waals surface area contributed by atoms with Gasteiger partial charge in [0.2, 0.25) is 0 Å². The van der Waals surface area contributed by atoms with Gasteiger partial charge in [-0.1, -0.05) is 0 Å². The zero-order chi connectivity index (χ0) is 10.1. The summed E-state index contributed by atoms with van der Waals surface area (Å²) in [6.45, 7) is 4.13. The smallest absolute Gasteiger partial charge is 0.0954 e. The fraction of sp³-hybridized carbons (Fsp3) is 0.727. The minimum absolute atomic E-state index is 0.115. The van der Waals surface area contributed by atoms with Crippen LogP contribution in [0.15, 0.2) is 6.33 Å². The van der Waals surface area contributed by atoms with Crippen LogP contribution in [0.2, 0.25) is 0 Å². The lowest BCUT2D eigenvalue weighted by atomic mass is 9.93. The van der Waals surface area contributed by atoms with Crippen LogP contribution < -0.4 is 0 Å². The van der Waals surface area contributed by atoms with E-state index >= 15 is 0 Å². The van der Waals surface area contributed by atoms with Crippen LogP contribution in [0.25, 0.3) is 0 Å². The number of aliphatic hydroxyl groups is 1. The van der Waals surface area contributed by atoms with Crippen molar-refractivity contribution in [1.82, 2.24) is 9.55 Å². The molecule has 1 heterocycles. The molecule has 1 aliphatic carbocycles. The Kier molecular flexibility index (Phi) is 2.59. The van der Waals surface area contributed by atoms with Crippen LogP contribution in [-0.4, -0.2) is 20.8 Å². The largest absolute Gasteiger partial charge is 0.393 e. The van der Waals surface area contributed by atoms with Crippen molar-refractivity contribution in [1.29, 1.82) is 0 Å². The molecule has 1 fully saturated rings. The Morgan fingerprint density at radius 2 is 2.21 bits per heavy atom. The van der Waals surface area contributed by atoms with Gasteiger partial charge in [-0.25, -0.2) is 4.98 Å². The quantitative estimate of drug-likeness (QED) is 0.742. The van der Waals surface area contributed by atoms with Crippen LogP contribution in [0.5, 0.6) is 0 Å². The van der Waals surface area contributed by atoms with E-state index in [0.717, 1.165) is 25.0 Å². The Morgan fingerprint density at radius 1 is 1.43 bits per heavy atom. The SMILES string of the molecule is Cc1ncn(C2CCCC(O)C2)c1C. The molecular formula is C11H18N2O. The molecule has 0 saturated heterocycles. The first kappa shape index (κ1) is 9.71. The number of aryl methyl sites for hydroxylation is 1. The van der Waals surface area contributed by atoms with Gasteiger partial charge in [0.15, 0.2) is 0 Å². The third-order valence-electron chi connectivity index (χ3n) is 3.30. The molecule has 2 unspecified atom stereocenters. The van der Waals surface area contributed by atoms with Crippen LogP contribution in [0, 0.1) is 13.8 Å². The molecule has 0 spiro atoms. The molecule has 1 aliphatic rings. The lowest BCUT2D eigenvalue weighted by Crippen LogP contribution is -2.22. The highest BCUT2D eigenvalue weighted by molar-refractivity contribution is 5.10. The summed E-state index contributed by atoms with van der Waals surface area (Å²) in [5, 5.41) is 9.60. The molecule has 1 N–H and O–H groups in total. The number of hydrogen-bond acceptors (Lipinski definition) is 2. The predicted molar refractivity (Wildman–Crippen MR) is 55.2 cm³/mol. The maximum atomic E-state index is 9.60. The maximum Gasteiger partial charge on any atom is 0.0954 e. The Bertz CT molecular complexity index is 319.